The van der Waals surface area contributed by atoms with E-state index in [4.69, 9.17) is 56.4 Å². The lowest BCUT2D eigenvalue weighted by Crippen LogP contribution is -2.27. The first-order valence-corrected chi connectivity index (χ1v) is 47.3. The summed E-state index contributed by atoms with van der Waals surface area (Å²) in [6.07, 6.45) is 14.8. The number of nitrogens with zero attached hydrogens (tertiary/aromatic N) is 12. The van der Waals surface area contributed by atoms with E-state index in [1.54, 1.807) is 6.20 Å². The molecule has 0 saturated carbocycles. The minimum atomic E-state index is -3.28. The number of hydrogen-bond donors (Lipinski definition) is 0. The van der Waals surface area contributed by atoms with Crippen LogP contribution in [0.5, 0.6) is 0 Å². The fourth-order valence-corrected chi connectivity index (χ4v) is 23.9. The van der Waals surface area contributed by atoms with Crippen molar-refractivity contribution in [3.63, 3.8) is 0 Å². The number of pyridine rings is 11. The van der Waals surface area contributed by atoms with Crippen molar-refractivity contribution in [3.05, 3.63) is 441 Å². The van der Waals surface area contributed by atoms with Gasteiger partial charge in [-0.15, -0.1) is 0 Å². The number of hydrogen-bond acceptors (Lipinski definition) is 12. The van der Waals surface area contributed by atoms with Gasteiger partial charge in [-0.25, -0.2) is 24.8 Å². The van der Waals surface area contributed by atoms with Gasteiger partial charge >= 0.3 is 0 Å². The Bertz CT molecular complexity index is 9410. The molecular formula is C122H79N12OP. The molecule has 2 aliphatic carbocycles. The van der Waals surface area contributed by atoms with Crippen LogP contribution in [0, 0.1) is 6.57 Å². The third-order valence-corrected chi connectivity index (χ3v) is 30.7. The highest BCUT2D eigenvalue weighted by Crippen LogP contribution is 2.55. The Morgan fingerprint density at radius 1 is 0.257 bits per heavy atom. The van der Waals surface area contributed by atoms with E-state index in [9.17, 15) is 0 Å². The van der Waals surface area contributed by atoms with Gasteiger partial charge in [-0.3, -0.25) is 34.9 Å². The average Bonchev–Trinajstić information content (AvgIpc) is 1.18. The van der Waals surface area contributed by atoms with Crippen molar-refractivity contribution in [1.29, 1.82) is 0 Å². The summed E-state index contributed by atoms with van der Waals surface area (Å²) in [5.74, 6) is 0. The van der Waals surface area contributed by atoms with Crippen LogP contribution in [0.4, 0.5) is 5.69 Å². The number of para-hydroxylation sites is 3. The van der Waals surface area contributed by atoms with Crippen LogP contribution in [0.15, 0.2) is 407 Å². The first-order valence-electron chi connectivity index (χ1n) is 45.6. The summed E-state index contributed by atoms with van der Waals surface area (Å²) in [6.45, 7) is 16.7. The Hall–Kier alpha value is -17.4. The Morgan fingerprint density at radius 3 is 0.971 bits per heavy atom. The summed E-state index contributed by atoms with van der Waals surface area (Å²) in [6, 6.07) is 123. The SMILES string of the molecule is CC1(C)c2cc(-c3cccnc3)ccc2-c2ccc(-c3cccc(-c4nc5ccccc5c5c6cccnc6c6ncccc6c45)c3)cc21.O=P(c1ccccc1)(c1ccccc1)c1cccc(-c2nc3ccccc3c3c4cccnc4c4ncccc4c23)n1.[C-]#[N+]c1ccc2c(c1)C(C)(C)c1cc(-c3cccc(-c4nc5ccccc5c5c6cccnc6c6ncccc6c45)c3)ccc1-2. The van der Waals surface area contributed by atoms with E-state index in [-0.39, 0.29) is 10.8 Å². The maximum Gasteiger partial charge on any atom is 0.188 e. The zero-order valence-electron chi connectivity index (χ0n) is 74.4. The number of benzene rings is 14. The minimum Gasteiger partial charge on any atom is -0.307 e. The first-order chi connectivity index (χ1) is 66.8. The average molecular weight is 1760 g/mol. The van der Waals surface area contributed by atoms with Gasteiger partial charge in [0.05, 0.1) is 79.0 Å². The van der Waals surface area contributed by atoms with Crippen LogP contribution in [0.1, 0.15) is 49.9 Å². The van der Waals surface area contributed by atoms with Crippen LogP contribution in [0.25, 0.3) is 225 Å². The zero-order chi connectivity index (χ0) is 91.1. The van der Waals surface area contributed by atoms with Gasteiger partial charge < -0.3 is 4.57 Å². The summed E-state index contributed by atoms with van der Waals surface area (Å²) >= 11 is 0. The van der Waals surface area contributed by atoms with Crippen LogP contribution < -0.4 is 16.0 Å². The standard InChI is InChI=1S/C45H30N4.C41H26N4.C36H23N4OP/c1-45(2)37-24-28(16-18-32(37)33-19-17-29(25-38(33)45)31-11-6-20-46-26-31)27-9-5-10-30(23-27)42-41-36-14-8-22-48-44(36)43-35(13-7-21-47-43)40(41)34-12-3-4-15-39(34)49-42;1-41(2)33-22-25(15-17-28(33)29-18-16-27(42-3)23-34(29)41)24-9-6-10-26(21-24)38-37-32-13-8-20-44-40(32)39-31(12-7-19-43-39)36(37)30-11-4-5-14-35(30)45-38;41-42(24-12-3-1-4-13-24,25-14-5-2-6-15-25)31-21-9-20-30(39-31)36-33-28-18-11-23-38-35(28)34-27(17-10-22-37-34)32(33)26-16-7-8-19-29(26)40-36/h3-26H,1-2H3;4-23H,1-2H3;1-23H. The van der Waals surface area contributed by atoms with E-state index < -0.39 is 7.14 Å². The third kappa shape index (κ3) is 12.9. The van der Waals surface area contributed by atoms with Gasteiger partial charge in [0.2, 0.25) is 0 Å². The predicted molar refractivity (Wildman–Crippen MR) is 559 cm³/mol. The Morgan fingerprint density at radius 2 is 0.574 bits per heavy atom. The molecule has 638 valence electrons. The Labute approximate surface area is 782 Å². The molecule has 13 nitrogen and oxygen atoms in total. The molecule has 0 unspecified atom stereocenters. The number of fused-ring (bicyclic) bond motifs is 30. The molecule has 0 aliphatic heterocycles. The van der Waals surface area contributed by atoms with Gasteiger partial charge in [0.15, 0.2) is 12.8 Å². The second kappa shape index (κ2) is 32.0. The van der Waals surface area contributed by atoms with Gasteiger partial charge in [0.1, 0.15) is 5.44 Å². The molecule has 14 heteroatoms. The monoisotopic (exact) mass is 1760 g/mol. The molecular weight excluding hydrogens is 1680 g/mol. The topological polar surface area (TPSA) is 163 Å². The van der Waals surface area contributed by atoms with Crippen molar-refractivity contribution in [3.8, 4) is 89.5 Å². The van der Waals surface area contributed by atoms with Crippen LogP contribution in [-0.4, -0.2) is 54.8 Å². The zero-order valence-corrected chi connectivity index (χ0v) is 75.3. The van der Waals surface area contributed by atoms with E-state index in [0.717, 1.165) is 192 Å². The van der Waals surface area contributed by atoms with Gasteiger partial charge in [-0.2, -0.15) is 0 Å². The Kier molecular flexibility index (Phi) is 19.0. The summed E-state index contributed by atoms with van der Waals surface area (Å²) < 4.78 is 15.2. The lowest BCUT2D eigenvalue weighted by Gasteiger charge is -2.22. The molecule has 11 aromatic heterocycles. The summed E-state index contributed by atoms with van der Waals surface area (Å²) in [4.78, 5) is 57.8. The van der Waals surface area contributed by atoms with Crippen LogP contribution in [-0.2, 0) is 15.4 Å². The molecule has 27 rings (SSSR count). The molecule has 2 aliphatic rings. The van der Waals surface area contributed by atoms with E-state index >= 15 is 4.57 Å². The maximum absolute atomic E-state index is 15.2. The molecule has 11 heterocycles. The number of rotatable bonds is 9. The third-order valence-electron chi connectivity index (χ3n) is 27.8. The molecule has 0 fully saturated rings. The highest BCUT2D eigenvalue weighted by Gasteiger charge is 2.39. The van der Waals surface area contributed by atoms with Crippen molar-refractivity contribution in [2.45, 2.75) is 38.5 Å². The lowest BCUT2D eigenvalue weighted by molar-refractivity contribution is 0.592. The first kappa shape index (κ1) is 80.6. The van der Waals surface area contributed by atoms with Crippen molar-refractivity contribution < 1.29 is 4.57 Å². The quantitative estimate of drug-likeness (QED) is 0.0764. The van der Waals surface area contributed by atoms with Crippen LogP contribution >= 0.6 is 7.14 Å². The van der Waals surface area contributed by atoms with Crippen LogP contribution in [0.2, 0.25) is 0 Å². The smallest absolute Gasteiger partial charge is 0.188 e. The van der Waals surface area contributed by atoms with Crippen molar-refractivity contribution in [2.24, 2.45) is 0 Å². The van der Waals surface area contributed by atoms with Crippen molar-refractivity contribution in [1.82, 2.24) is 54.8 Å². The maximum atomic E-state index is 15.2. The fourth-order valence-electron chi connectivity index (χ4n) is 21.4. The molecule has 0 amide bonds. The van der Waals surface area contributed by atoms with Gasteiger partial charge in [0.25, 0.3) is 0 Å². The van der Waals surface area contributed by atoms with Crippen molar-refractivity contribution in [2.75, 3.05) is 0 Å². The van der Waals surface area contributed by atoms with Gasteiger partial charge in [-0.1, -0.05) is 282 Å². The lowest BCUT2D eigenvalue weighted by atomic mass is 9.81. The van der Waals surface area contributed by atoms with Crippen LogP contribution in [0.3, 0.4) is 0 Å². The molecule has 25 aromatic rings. The van der Waals surface area contributed by atoms with Gasteiger partial charge in [-0.05, 0) is 181 Å². The minimum absolute atomic E-state index is 0.145. The molecule has 0 spiro atoms. The fraction of sp³-hybridized carbons (Fsp3) is 0.0492. The van der Waals surface area contributed by atoms with E-state index in [1.807, 2.05) is 189 Å². The summed E-state index contributed by atoms with van der Waals surface area (Å²) in [5, 5.41) is 17.5. The highest BCUT2D eigenvalue weighted by atomic mass is 31.2. The molecule has 0 atom stereocenters. The molecule has 0 radical (unpaired) electrons. The number of aromatic nitrogens is 11. The normalized spacial score (nSPS) is 12.8. The Balaban J connectivity index is 0.000000109. The van der Waals surface area contributed by atoms with Gasteiger partial charge in [0, 0.05) is 163 Å². The van der Waals surface area contributed by atoms with Crippen molar-refractivity contribution >= 4 is 159 Å². The second-order valence-corrected chi connectivity index (χ2v) is 38.7. The van der Waals surface area contributed by atoms with E-state index in [2.05, 4.69) is 250 Å². The molecule has 136 heavy (non-hydrogen) atoms. The molecule has 0 bridgehead atoms. The highest BCUT2D eigenvalue weighted by molar-refractivity contribution is 7.85. The van der Waals surface area contributed by atoms with E-state index in [1.165, 1.54) is 55.6 Å². The second-order valence-electron chi connectivity index (χ2n) is 36.0. The summed E-state index contributed by atoms with van der Waals surface area (Å²) in [7, 11) is -3.28. The largest absolute Gasteiger partial charge is 0.307 e. The summed E-state index contributed by atoms with van der Waals surface area (Å²) in [5.41, 5.74) is 31.6. The molecule has 0 saturated heterocycles. The molecule has 14 aromatic carbocycles. The molecule has 0 N–H and O–H groups in total. The predicted octanol–water partition coefficient (Wildman–Crippen LogP) is 29.0. The van der Waals surface area contributed by atoms with E-state index in [0.29, 0.717) is 16.8 Å².